The monoisotopic (exact) mass is 395 g/mol. The van der Waals surface area contributed by atoms with Crippen molar-refractivity contribution in [1.82, 2.24) is 9.38 Å². The summed E-state index contributed by atoms with van der Waals surface area (Å²) in [6, 6.07) is 13.5. The van der Waals surface area contributed by atoms with Crippen LogP contribution in [0.25, 0.3) is 5.65 Å². The van der Waals surface area contributed by atoms with Crippen molar-refractivity contribution in [1.29, 1.82) is 0 Å². The van der Waals surface area contributed by atoms with Crippen LogP contribution >= 0.6 is 11.8 Å². The molecule has 28 heavy (non-hydrogen) atoms. The van der Waals surface area contributed by atoms with Gasteiger partial charge in [-0.15, -0.1) is 11.8 Å². The van der Waals surface area contributed by atoms with Gasteiger partial charge in [0, 0.05) is 28.6 Å². The molecule has 0 N–H and O–H groups in total. The van der Waals surface area contributed by atoms with E-state index in [1.54, 1.807) is 22.9 Å². The molecule has 0 spiro atoms. The minimum atomic E-state index is -0.595. The number of hydrogen-bond donors (Lipinski definition) is 0. The zero-order valence-electron chi connectivity index (χ0n) is 15.8. The predicted molar refractivity (Wildman–Crippen MR) is 109 cm³/mol. The molecule has 3 heterocycles. The Kier molecular flexibility index (Phi) is 5.09. The van der Waals surface area contributed by atoms with Crippen molar-refractivity contribution in [2.45, 2.75) is 30.4 Å². The Bertz CT molecular complexity index is 1050. The number of para-hydroxylation sites is 1. The fourth-order valence-electron chi connectivity index (χ4n) is 3.27. The van der Waals surface area contributed by atoms with Crippen LogP contribution in [-0.4, -0.2) is 39.7 Å². The molecule has 7 heteroatoms. The molecular formula is C21H21N3O3S. The summed E-state index contributed by atoms with van der Waals surface area (Å²) in [5, 5.41) is 0.419. The Hall–Kier alpha value is -2.80. The van der Waals surface area contributed by atoms with Gasteiger partial charge < -0.3 is 14.0 Å². The van der Waals surface area contributed by atoms with Crippen LogP contribution < -0.4 is 4.90 Å². The maximum atomic E-state index is 12.8. The van der Waals surface area contributed by atoms with Gasteiger partial charge in [0.05, 0.1) is 5.69 Å². The molecule has 0 saturated heterocycles. The topological polar surface area (TPSA) is 63.9 Å². The maximum Gasteiger partial charge on any atom is 0.359 e. The van der Waals surface area contributed by atoms with Crippen LogP contribution in [0.3, 0.4) is 0 Å². The van der Waals surface area contributed by atoms with Crippen molar-refractivity contribution < 1.29 is 14.3 Å². The SMILES string of the molecule is Cc1cccc2nc(C(=O)OCC(=O)N3CCC(C)Sc4ccccc43)cn12. The number of fused-ring (bicyclic) bond motifs is 2. The molecule has 1 unspecified atom stereocenters. The number of benzene rings is 1. The molecular weight excluding hydrogens is 374 g/mol. The Morgan fingerprint density at radius 3 is 2.86 bits per heavy atom. The van der Waals surface area contributed by atoms with Crippen molar-refractivity contribution in [2.75, 3.05) is 18.1 Å². The number of esters is 1. The summed E-state index contributed by atoms with van der Waals surface area (Å²) in [6.07, 6.45) is 2.52. The lowest BCUT2D eigenvalue weighted by atomic mass is 10.2. The largest absolute Gasteiger partial charge is 0.451 e. The first kappa shape index (κ1) is 18.6. The third-order valence-corrected chi connectivity index (χ3v) is 6.01. The van der Waals surface area contributed by atoms with Gasteiger partial charge in [0.2, 0.25) is 0 Å². The van der Waals surface area contributed by atoms with Crippen molar-refractivity contribution >= 4 is 35.0 Å². The molecule has 0 fully saturated rings. The molecule has 0 aliphatic carbocycles. The first-order chi connectivity index (χ1) is 13.5. The standard InChI is InChI=1S/C21H21N3O3S/c1-14-6-5-9-19-22-16(12-24(14)19)21(26)27-13-20(25)23-11-10-15(2)28-18-8-4-3-7-17(18)23/h3-9,12,15H,10-11,13H2,1-2H3. The van der Waals surface area contributed by atoms with Gasteiger partial charge >= 0.3 is 5.97 Å². The van der Waals surface area contributed by atoms with Crippen LogP contribution in [-0.2, 0) is 9.53 Å². The zero-order chi connectivity index (χ0) is 19.7. The minimum Gasteiger partial charge on any atom is -0.451 e. The van der Waals surface area contributed by atoms with Crippen LogP contribution in [0, 0.1) is 6.92 Å². The highest BCUT2D eigenvalue weighted by atomic mass is 32.2. The van der Waals surface area contributed by atoms with E-state index in [0.29, 0.717) is 17.4 Å². The summed E-state index contributed by atoms with van der Waals surface area (Å²) in [7, 11) is 0. The second kappa shape index (κ2) is 7.67. The van der Waals surface area contributed by atoms with E-state index in [9.17, 15) is 9.59 Å². The Balaban J connectivity index is 1.48. The Morgan fingerprint density at radius 2 is 2.04 bits per heavy atom. The molecule has 1 aliphatic rings. The van der Waals surface area contributed by atoms with Gasteiger partial charge in [-0.2, -0.15) is 0 Å². The molecule has 0 radical (unpaired) electrons. The summed E-state index contributed by atoms with van der Waals surface area (Å²) < 4.78 is 7.10. The number of nitrogens with zero attached hydrogens (tertiary/aromatic N) is 3. The normalized spacial score (nSPS) is 16.5. The summed E-state index contributed by atoms with van der Waals surface area (Å²) in [4.78, 5) is 32.3. The van der Waals surface area contributed by atoms with Crippen LogP contribution in [0.1, 0.15) is 29.5 Å². The second-order valence-corrected chi connectivity index (χ2v) is 8.31. The molecule has 4 rings (SSSR count). The first-order valence-corrected chi connectivity index (χ1v) is 10.1. The van der Waals surface area contributed by atoms with Gasteiger partial charge in [-0.1, -0.05) is 25.1 Å². The lowest BCUT2D eigenvalue weighted by Crippen LogP contribution is -2.35. The lowest BCUT2D eigenvalue weighted by molar-refractivity contribution is -0.121. The van der Waals surface area contributed by atoms with Crippen LogP contribution in [0.4, 0.5) is 5.69 Å². The number of carbonyl (C=O) groups excluding carboxylic acids is 2. The molecule has 1 aromatic carbocycles. The van der Waals surface area contributed by atoms with Crippen LogP contribution in [0.15, 0.2) is 53.6 Å². The smallest absolute Gasteiger partial charge is 0.359 e. The number of imidazole rings is 1. The van der Waals surface area contributed by atoms with Crippen molar-refractivity contribution in [3.8, 4) is 0 Å². The average molecular weight is 395 g/mol. The highest BCUT2D eigenvalue weighted by Crippen LogP contribution is 2.37. The molecule has 3 aromatic rings. The highest BCUT2D eigenvalue weighted by molar-refractivity contribution is 8.00. The fraction of sp³-hybridized carbons (Fsp3) is 0.286. The van der Waals surface area contributed by atoms with E-state index in [2.05, 4.69) is 11.9 Å². The van der Waals surface area contributed by atoms with Crippen molar-refractivity contribution in [3.05, 3.63) is 60.0 Å². The molecule has 1 aliphatic heterocycles. The van der Waals surface area contributed by atoms with Gasteiger partial charge in [-0.05, 0) is 37.6 Å². The second-order valence-electron chi connectivity index (χ2n) is 6.83. The van der Waals surface area contributed by atoms with E-state index >= 15 is 0 Å². The number of pyridine rings is 1. The number of thioether (sulfide) groups is 1. The summed E-state index contributed by atoms with van der Waals surface area (Å²) >= 11 is 1.76. The summed E-state index contributed by atoms with van der Waals surface area (Å²) in [6.45, 7) is 4.39. The number of rotatable bonds is 3. The van der Waals surface area contributed by atoms with Crippen molar-refractivity contribution in [2.24, 2.45) is 0 Å². The number of aromatic nitrogens is 2. The number of amides is 1. The first-order valence-electron chi connectivity index (χ1n) is 9.21. The molecule has 144 valence electrons. The number of carbonyl (C=O) groups is 2. The summed E-state index contributed by atoms with van der Waals surface area (Å²) in [5.41, 5.74) is 2.71. The van der Waals surface area contributed by atoms with Gasteiger partial charge in [0.1, 0.15) is 5.65 Å². The fourth-order valence-corrected chi connectivity index (χ4v) is 4.38. The van der Waals surface area contributed by atoms with Gasteiger partial charge in [0.25, 0.3) is 5.91 Å². The molecule has 1 atom stereocenters. The van der Waals surface area contributed by atoms with E-state index in [1.165, 1.54) is 0 Å². The van der Waals surface area contributed by atoms with E-state index in [1.807, 2.05) is 53.8 Å². The van der Waals surface area contributed by atoms with Gasteiger partial charge in [-0.3, -0.25) is 4.79 Å². The molecule has 6 nitrogen and oxygen atoms in total. The van der Waals surface area contributed by atoms with E-state index < -0.39 is 5.97 Å². The predicted octanol–water partition coefficient (Wildman–Crippen LogP) is 3.72. The van der Waals surface area contributed by atoms with Gasteiger partial charge in [0.15, 0.2) is 12.3 Å². The van der Waals surface area contributed by atoms with Crippen LogP contribution in [0.2, 0.25) is 0 Å². The number of aryl methyl sites for hydroxylation is 1. The molecule has 0 saturated carbocycles. The van der Waals surface area contributed by atoms with E-state index in [4.69, 9.17) is 4.74 Å². The number of ether oxygens (including phenoxy) is 1. The van der Waals surface area contributed by atoms with Crippen LogP contribution in [0.5, 0.6) is 0 Å². The lowest BCUT2D eigenvalue weighted by Gasteiger charge is -2.22. The van der Waals surface area contributed by atoms with E-state index in [0.717, 1.165) is 22.7 Å². The van der Waals surface area contributed by atoms with Crippen molar-refractivity contribution in [3.63, 3.8) is 0 Å². The Labute approximate surface area is 167 Å². The number of anilines is 1. The quantitative estimate of drug-likeness (QED) is 0.633. The maximum absolute atomic E-state index is 12.8. The molecule has 2 aromatic heterocycles. The van der Waals surface area contributed by atoms with Gasteiger partial charge in [-0.25, -0.2) is 9.78 Å². The van der Waals surface area contributed by atoms with E-state index in [-0.39, 0.29) is 18.2 Å². The zero-order valence-corrected chi connectivity index (χ0v) is 16.6. The molecule has 1 amide bonds. The third kappa shape index (κ3) is 3.62. The Morgan fingerprint density at radius 1 is 1.21 bits per heavy atom. The molecule has 0 bridgehead atoms. The highest BCUT2D eigenvalue weighted by Gasteiger charge is 2.25. The summed E-state index contributed by atoms with van der Waals surface area (Å²) in [5.74, 6) is -0.822. The number of hydrogen-bond acceptors (Lipinski definition) is 5. The third-order valence-electron chi connectivity index (χ3n) is 4.78. The average Bonchev–Trinajstić information content (AvgIpc) is 3.05. The minimum absolute atomic E-state index is 0.197.